The number of carbonyl (C=O) groups excluding carboxylic acids is 1. The number of nitrogens with one attached hydrogen (secondary N) is 1. The van der Waals surface area contributed by atoms with Crippen LogP contribution in [-0.4, -0.2) is 33.8 Å². The van der Waals surface area contributed by atoms with Crippen molar-refractivity contribution in [3.8, 4) is 5.75 Å². The molecule has 1 N–H and O–H groups in total. The Labute approximate surface area is 157 Å². The van der Waals surface area contributed by atoms with E-state index >= 15 is 0 Å². The summed E-state index contributed by atoms with van der Waals surface area (Å²) < 4.78 is 22.5. The van der Waals surface area contributed by atoms with Crippen molar-refractivity contribution in [1.29, 1.82) is 0 Å². The van der Waals surface area contributed by atoms with Gasteiger partial charge < -0.3 is 14.6 Å². The molecular weight excluding hydrogens is 345 g/mol. The van der Waals surface area contributed by atoms with E-state index in [2.05, 4.69) is 10.3 Å². The molecule has 2 atom stereocenters. The number of nitrogens with zero attached hydrogens (tertiary/aromatic N) is 2. The predicted molar refractivity (Wildman–Crippen MR) is 98.6 cm³/mol. The van der Waals surface area contributed by atoms with E-state index in [-0.39, 0.29) is 17.9 Å². The van der Waals surface area contributed by atoms with Gasteiger partial charge in [0.1, 0.15) is 29.5 Å². The van der Waals surface area contributed by atoms with Gasteiger partial charge in [0, 0.05) is 25.1 Å². The Morgan fingerprint density at radius 2 is 2.19 bits per heavy atom. The quantitative estimate of drug-likeness (QED) is 0.905. The maximum atomic E-state index is 14.8. The van der Waals surface area contributed by atoms with Gasteiger partial charge in [-0.05, 0) is 43.7 Å². The summed E-state index contributed by atoms with van der Waals surface area (Å²) in [6, 6.07) is 7.84. The molecule has 27 heavy (non-hydrogen) atoms. The Kier molecular flexibility index (Phi) is 3.95. The molecule has 5 rings (SSSR count). The molecule has 6 heteroatoms. The van der Waals surface area contributed by atoms with Crippen LogP contribution in [0.15, 0.2) is 30.5 Å². The number of rotatable bonds is 3. The summed E-state index contributed by atoms with van der Waals surface area (Å²) in [5, 5.41) is 3.04. The van der Waals surface area contributed by atoms with Crippen LogP contribution in [0.3, 0.4) is 0 Å². The molecule has 1 aliphatic carbocycles. The number of fused-ring (bicyclic) bond motifs is 2. The van der Waals surface area contributed by atoms with E-state index in [1.54, 1.807) is 6.20 Å². The second kappa shape index (κ2) is 6.36. The zero-order valence-corrected chi connectivity index (χ0v) is 15.3. The van der Waals surface area contributed by atoms with Crippen molar-refractivity contribution in [2.24, 2.45) is 5.92 Å². The lowest BCUT2D eigenvalue weighted by atomic mass is 9.70. The van der Waals surface area contributed by atoms with E-state index in [0.717, 1.165) is 42.8 Å². The van der Waals surface area contributed by atoms with E-state index in [0.29, 0.717) is 31.7 Å². The molecule has 2 aromatic rings. The molecule has 2 aliphatic heterocycles. The molecule has 3 heterocycles. The Morgan fingerprint density at radius 3 is 3.00 bits per heavy atom. The average Bonchev–Trinajstić information content (AvgIpc) is 3.09. The first-order chi connectivity index (χ1) is 13.1. The number of halogens is 1. The third kappa shape index (κ3) is 3.01. The number of aromatic nitrogens is 2. The lowest BCUT2D eigenvalue weighted by Crippen LogP contribution is -2.44. The molecule has 0 bridgehead atoms. The first-order valence-corrected chi connectivity index (χ1v) is 9.87. The molecule has 1 fully saturated rings. The number of para-hydroxylation sites is 1. The highest BCUT2D eigenvalue weighted by Crippen LogP contribution is 2.45. The smallest absolute Gasteiger partial charge is 0.271 e. The van der Waals surface area contributed by atoms with Crippen LogP contribution >= 0.6 is 0 Å². The van der Waals surface area contributed by atoms with E-state index in [9.17, 15) is 9.18 Å². The summed E-state index contributed by atoms with van der Waals surface area (Å²) in [6.45, 7) is 1.09. The number of carbonyl (C=O) groups is 1. The van der Waals surface area contributed by atoms with Crippen LogP contribution in [0.4, 0.5) is 4.39 Å². The first-order valence-electron chi connectivity index (χ1n) is 9.87. The van der Waals surface area contributed by atoms with Crippen molar-refractivity contribution >= 4 is 5.91 Å². The Balaban J connectivity index is 1.26. The van der Waals surface area contributed by atoms with Gasteiger partial charge in [0.05, 0.1) is 6.04 Å². The number of alkyl halides is 1. The van der Waals surface area contributed by atoms with Crippen LogP contribution in [0.2, 0.25) is 0 Å². The number of hydrogen-bond acceptors (Lipinski definition) is 3. The fourth-order valence-electron chi connectivity index (χ4n) is 4.58. The minimum absolute atomic E-state index is 0.0482. The molecule has 1 saturated carbocycles. The molecule has 1 amide bonds. The maximum absolute atomic E-state index is 14.8. The number of hydrogen-bond donors (Lipinski definition) is 1. The number of imidazole rings is 1. The summed E-state index contributed by atoms with van der Waals surface area (Å²) in [5.74, 6) is 1.65. The minimum Gasteiger partial charge on any atom is -0.491 e. The highest BCUT2D eigenvalue weighted by atomic mass is 19.1. The predicted octanol–water partition coefficient (Wildman–Crippen LogP) is 3.07. The molecular formula is C21H24FN3O2. The normalized spacial score (nSPS) is 25.5. The lowest BCUT2D eigenvalue weighted by Gasteiger charge is -2.42. The second-order valence-electron chi connectivity index (χ2n) is 8.11. The van der Waals surface area contributed by atoms with Crippen molar-refractivity contribution in [1.82, 2.24) is 14.9 Å². The SMILES string of the molecule is O=C(NC1COc2ccccc2C1)c1cn2c(n1)CCC(C1(F)CCC1)C2. The number of amides is 1. The van der Waals surface area contributed by atoms with Gasteiger partial charge >= 0.3 is 0 Å². The standard InChI is InChI=1S/C21H24FN3O2/c22-21(8-3-9-21)15-6-7-19-24-17(12-25(19)11-15)20(26)23-16-10-14-4-1-2-5-18(14)27-13-16/h1-2,4-5,12,15-16H,3,6-11,13H2,(H,23,26). The van der Waals surface area contributed by atoms with Gasteiger partial charge in [-0.1, -0.05) is 18.2 Å². The largest absolute Gasteiger partial charge is 0.491 e. The topological polar surface area (TPSA) is 56.1 Å². The third-order valence-electron chi connectivity index (χ3n) is 6.36. The van der Waals surface area contributed by atoms with E-state index in [1.807, 2.05) is 28.8 Å². The molecule has 5 nitrogen and oxygen atoms in total. The maximum Gasteiger partial charge on any atom is 0.271 e. The number of aryl methyl sites for hydroxylation is 1. The van der Waals surface area contributed by atoms with Crippen LogP contribution in [0, 0.1) is 5.92 Å². The molecule has 1 aromatic carbocycles. The third-order valence-corrected chi connectivity index (χ3v) is 6.36. The second-order valence-corrected chi connectivity index (χ2v) is 8.11. The van der Waals surface area contributed by atoms with Crippen molar-refractivity contribution in [2.45, 2.75) is 56.8 Å². The zero-order chi connectivity index (χ0) is 18.4. The van der Waals surface area contributed by atoms with Gasteiger partial charge in [-0.2, -0.15) is 0 Å². The van der Waals surface area contributed by atoms with Crippen molar-refractivity contribution in [3.63, 3.8) is 0 Å². The molecule has 142 valence electrons. The summed E-state index contributed by atoms with van der Waals surface area (Å²) in [4.78, 5) is 17.2. The summed E-state index contributed by atoms with van der Waals surface area (Å²) in [5.41, 5.74) is 0.526. The van der Waals surface area contributed by atoms with Crippen molar-refractivity contribution in [2.75, 3.05) is 6.61 Å². The minimum atomic E-state index is -1.00. The van der Waals surface area contributed by atoms with Gasteiger partial charge in [0.25, 0.3) is 5.91 Å². The van der Waals surface area contributed by atoms with Gasteiger partial charge in [0.15, 0.2) is 0 Å². The Hall–Kier alpha value is -2.37. The molecule has 3 aliphatic rings. The van der Waals surface area contributed by atoms with Gasteiger partial charge in [-0.3, -0.25) is 4.79 Å². The van der Waals surface area contributed by atoms with Crippen LogP contribution in [0.5, 0.6) is 5.75 Å². The van der Waals surface area contributed by atoms with Crippen LogP contribution in [-0.2, 0) is 19.4 Å². The fourth-order valence-corrected chi connectivity index (χ4v) is 4.58. The van der Waals surface area contributed by atoms with Crippen LogP contribution < -0.4 is 10.1 Å². The molecule has 0 radical (unpaired) electrons. The fraction of sp³-hybridized carbons (Fsp3) is 0.524. The molecule has 0 saturated heterocycles. The van der Waals surface area contributed by atoms with Crippen LogP contribution in [0.1, 0.15) is 47.6 Å². The lowest BCUT2D eigenvalue weighted by molar-refractivity contribution is -0.0171. The number of benzene rings is 1. The monoisotopic (exact) mass is 369 g/mol. The van der Waals surface area contributed by atoms with Gasteiger partial charge in [-0.15, -0.1) is 0 Å². The van der Waals surface area contributed by atoms with Crippen molar-refractivity contribution in [3.05, 3.63) is 47.5 Å². The Morgan fingerprint density at radius 1 is 1.33 bits per heavy atom. The highest BCUT2D eigenvalue weighted by molar-refractivity contribution is 5.92. The summed E-state index contributed by atoms with van der Waals surface area (Å²) in [6.07, 6.45) is 6.45. The number of ether oxygens (including phenoxy) is 1. The highest BCUT2D eigenvalue weighted by Gasteiger charge is 2.45. The first kappa shape index (κ1) is 16.8. The van der Waals surface area contributed by atoms with Gasteiger partial charge in [0.2, 0.25) is 0 Å². The molecule has 0 spiro atoms. The van der Waals surface area contributed by atoms with E-state index in [4.69, 9.17) is 4.74 Å². The van der Waals surface area contributed by atoms with E-state index in [1.165, 1.54) is 0 Å². The van der Waals surface area contributed by atoms with Gasteiger partial charge in [-0.25, -0.2) is 9.37 Å². The zero-order valence-electron chi connectivity index (χ0n) is 15.3. The molecule has 2 unspecified atom stereocenters. The van der Waals surface area contributed by atoms with E-state index < -0.39 is 5.67 Å². The summed E-state index contributed by atoms with van der Waals surface area (Å²) in [7, 11) is 0. The molecule has 1 aromatic heterocycles. The summed E-state index contributed by atoms with van der Waals surface area (Å²) >= 11 is 0. The van der Waals surface area contributed by atoms with Crippen molar-refractivity contribution < 1.29 is 13.9 Å². The van der Waals surface area contributed by atoms with Crippen LogP contribution in [0.25, 0.3) is 0 Å². The Bertz CT molecular complexity index is 874. The average molecular weight is 369 g/mol.